The Kier molecular flexibility index (Phi) is 7.01. The van der Waals surface area contributed by atoms with E-state index < -0.39 is 5.54 Å². The van der Waals surface area contributed by atoms with Gasteiger partial charge in [0, 0.05) is 13.6 Å². The molecule has 0 saturated heterocycles. The highest BCUT2D eigenvalue weighted by molar-refractivity contribution is 9.11. The van der Waals surface area contributed by atoms with Crippen molar-refractivity contribution in [1.82, 2.24) is 15.5 Å². The third-order valence-electron chi connectivity index (χ3n) is 4.37. The van der Waals surface area contributed by atoms with Crippen LogP contribution in [0, 0.1) is 0 Å². The Labute approximate surface area is 160 Å². The lowest BCUT2D eigenvalue weighted by atomic mass is 9.80. The highest BCUT2D eigenvalue weighted by atomic mass is 79.9. The molecule has 1 saturated carbocycles. The number of likely N-dealkylation sites (N-methyl/N-ethyl adjacent to an activating group) is 2. The summed E-state index contributed by atoms with van der Waals surface area (Å²) in [6, 6.07) is 3.53. The van der Waals surface area contributed by atoms with E-state index in [2.05, 4.69) is 26.6 Å². The molecule has 0 radical (unpaired) electrons. The van der Waals surface area contributed by atoms with Crippen LogP contribution in [-0.4, -0.2) is 48.3 Å². The van der Waals surface area contributed by atoms with Crippen molar-refractivity contribution in [2.75, 3.05) is 20.1 Å². The van der Waals surface area contributed by atoms with Crippen molar-refractivity contribution in [3.8, 4) is 0 Å². The number of thiophene rings is 1. The molecule has 6 nitrogen and oxygen atoms in total. The number of nitrogens with zero attached hydrogens (tertiary/aromatic N) is 1. The fraction of sp³-hybridized carbons (Fsp3) is 0.588. The predicted octanol–water partition coefficient (Wildman–Crippen LogP) is 2.54. The van der Waals surface area contributed by atoms with Crippen molar-refractivity contribution < 1.29 is 14.4 Å². The van der Waals surface area contributed by atoms with Gasteiger partial charge in [-0.25, -0.2) is 0 Å². The van der Waals surface area contributed by atoms with Crippen molar-refractivity contribution in [1.29, 1.82) is 0 Å². The van der Waals surface area contributed by atoms with Crippen molar-refractivity contribution >= 4 is 45.0 Å². The van der Waals surface area contributed by atoms with Gasteiger partial charge in [-0.15, -0.1) is 11.3 Å². The maximum Gasteiger partial charge on any atom is 0.264 e. The zero-order valence-corrected chi connectivity index (χ0v) is 17.0. The van der Waals surface area contributed by atoms with E-state index in [9.17, 15) is 14.4 Å². The molecular weight excluding hydrogens is 406 g/mol. The number of halogens is 1. The van der Waals surface area contributed by atoms with Gasteiger partial charge in [0.15, 0.2) is 0 Å². The van der Waals surface area contributed by atoms with E-state index in [1.165, 1.54) is 16.2 Å². The van der Waals surface area contributed by atoms with Gasteiger partial charge in [0.2, 0.25) is 11.8 Å². The van der Waals surface area contributed by atoms with Gasteiger partial charge in [-0.2, -0.15) is 0 Å². The normalized spacial score (nSPS) is 16.1. The summed E-state index contributed by atoms with van der Waals surface area (Å²) >= 11 is 4.66. The molecule has 0 spiro atoms. The van der Waals surface area contributed by atoms with Crippen molar-refractivity contribution in [3.05, 3.63) is 20.8 Å². The minimum Gasteiger partial charge on any atom is -0.354 e. The van der Waals surface area contributed by atoms with E-state index in [0.717, 1.165) is 23.0 Å². The minimum absolute atomic E-state index is 0.0739. The Balaban J connectivity index is 2.00. The van der Waals surface area contributed by atoms with Gasteiger partial charge in [0.05, 0.1) is 15.2 Å². The summed E-state index contributed by atoms with van der Waals surface area (Å²) in [4.78, 5) is 39.3. The first-order chi connectivity index (χ1) is 11.9. The third kappa shape index (κ3) is 5.04. The summed E-state index contributed by atoms with van der Waals surface area (Å²) in [6.45, 7) is 2.32. The van der Waals surface area contributed by atoms with Crippen LogP contribution in [0.2, 0.25) is 0 Å². The second-order valence-corrected chi connectivity index (χ2v) is 8.78. The average Bonchev–Trinajstić information content (AvgIpc) is 3.01. The van der Waals surface area contributed by atoms with Crippen LogP contribution < -0.4 is 10.6 Å². The summed E-state index contributed by atoms with van der Waals surface area (Å²) in [5, 5.41) is 5.74. The number of hydrogen-bond donors (Lipinski definition) is 2. The fourth-order valence-electron chi connectivity index (χ4n) is 3.10. The van der Waals surface area contributed by atoms with E-state index >= 15 is 0 Å². The monoisotopic (exact) mass is 429 g/mol. The van der Waals surface area contributed by atoms with E-state index in [4.69, 9.17) is 0 Å². The molecule has 2 rings (SSSR count). The quantitative estimate of drug-likeness (QED) is 0.728. The standard InChI is InChI=1S/C17H24BrN3O3S/c1-3-19-16(24)17(9-5-4-6-10-17)20-14(22)11-21(2)15(23)12-7-8-13(18)25-12/h7-8H,3-6,9-11H2,1-2H3,(H,19,24)(H,20,22). The van der Waals surface area contributed by atoms with E-state index in [1.54, 1.807) is 19.2 Å². The molecule has 1 aromatic rings. The Bertz CT molecular complexity index is 641. The van der Waals surface area contributed by atoms with Crippen LogP contribution in [0.5, 0.6) is 0 Å². The molecule has 1 aliphatic carbocycles. The largest absolute Gasteiger partial charge is 0.354 e. The Morgan fingerprint density at radius 2 is 1.92 bits per heavy atom. The van der Waals surface area contributed by atoms with E-state index in [0.29, 0.717) is 24.3 Å². The number of amides is 3. The molecule has 138 valence electrons. The zero-order chi connectivity index (χ0) is 18.4. The van der Waals surface area contributed by atoms with Crippen LogP contribution in [-0.2, 0) is 9.59 Å². The Morgan fingerprint density at radius 3 is 2.48 bits per heavy atom. The molecule has 25 heavy (non-hydrogen) atoms. The van der Waals surface area contributed by atoms with Crippen molar-refractivity contribution in [2.45, 2.75) is 44.6 Å². The molecule has 1 fully saturated rings. The number of carbonyl (C=O) groups excluding carboxylic acids is 3. The van der Waals surface area contributed by atoms with Gasteiger partial charge >= 0.3 is 0 Å². The molecule has 1 aliphatic rings. The average molecular weight is 430 g/mol. The van der Waals surface area contributed by atoms with Crippen LogP contribution >= 0.6 is 27.3 Å². The molecule has 0 aromatic carbocycles. The highest BCUT2D eigenvalue weighted by Crippen LogP contribution is 2.28. The molecule has 1 aromatic heterocycles. The second-order valence-electron chi connectivity index (χ2n) is 6.32. The Hall–Kier alpha value is -1.41. The maximum absolute atomic E-state index is 12.5. The summed E-state index contributed by atoms with van der Waals surface area (Å²) in [5.41, 5.74) is -0.846. The molecule has 0 aliphatic heterocycles. The first-order valence-electron chi connectivity index (χ1n) is 8.48. The van der Waals surface area contributed by atoms with Gasteiger partial charge in [0.25, 0.3) is 5.91 Å². The number of carbonyl (C=O) groups is 3. The van der Waals surface area contributed by atoms with Crippen LogP contribution in [0.15, 0.2) is 15.9 Å². The van der Waals surface area contributed by atoms with Crippen LogP contribution in [0.25, 0.3) is 0 Å². The summed E-state index contributed by atoms with van der Waals surface area (Å²) < 4.78 is 0.867. The summed E-state index contributed by atoms with van der Waals surface area (Å²) in [7, 11) is 1.59. The molecule has 1 heterocycles. The number of hydrogen-bond acceptors (Lipinski definition) is 4. The van der Waals surface area contributed by atoms with Gasteiger partial charge in [-0.05, 0) is 47.8 Å². The maximum atomic E-state index is 12.5. The zero-order valence-electron chi connectivity index (χ0n) is 14.6. The molecule has 3 amide bonds. The van der Waals surface area contributed by atoms with Gasteiger partial charge in [-0.3, -0.25) is 14.4 Å². The topological polar surface area (TPSA) is 78.5 Å². The lowest BCUT2D eigenvalue weighted by Crippen LogP contribution is -2.61. The third-order valence-corrected chi connectivity index (χ3v) is 5.98. The SMILES string of the molecule is CCNC(=O)C1(NC(=O)CN(C)C(=O)c2ccc(Br)s2)CCCCC1. The van der Waals surface area contributed by atoms with E-state index in [1.807, 2.05) is 6.92 Å². The smallest absolute Gasteiger partial charge is 0.264 e. The van der Waals surface area contributed by atoms with Gasteiger partial charge < -0.3 is 15.5 Å². The highest BCUT2D eigenvalue weighted by Gasteiger charge is 2.40. The van der Waals surface area contributed by atoms with Crippen LogP contribution in [0.3, 0.4) is 0 Å². The lowest BCUT2D eigenvalue weighted by Gasteiger charge is -2.37. The lowest BCUT2D eigenvalue weighted by molar-refractivity contribution is -0.135. The fourth-order valence-corrected chi connectivity index (χ4v) is 4.49. The van der Waals surface area contributed by atoms with Crippen LogP contribution in [0.1, 0.15) is 48.7 Å². The molecular formula is C17H24BrN3O3S. The van der Waals surface area contributed by atoms with Gasteiger partial charge in [0.1, 0.15) is 5.54 Å². The summed E-state index contributed by atoms with van der Waals surface area (Å²) in [6.07, 6.45) is 4.17. The van der Waals surface area contributed by atoms with E-state index in [-0.39, 0.29) is 24.3 Å². The molecule has 0 bridgehead atoms. The van der Waals surface area contributed by atoms with Crippen LogP contribution in [0.4, 0.5) is 0 Å². The molecule has 0 unspecified atom stereocenters. The molecule has 2 N–H and O–H groups in total. The van der Waals surface area contributed by atoms with Crippen molar-refractivity contribution in [2.24, 2.45) is 0 Å². The molecule has 8 heteroatoms. The minimum atomic E-state index is -0.846. The second kappa shape index (κ2) is 8.80. The van der Waals surface area contributed by atoms with Gasteiger partial charge in [-0.1, -0.05) is 19.3 Å². The van der Waals surface area contributed by atoms with Crippen molar-refractivity contribution in [3.63, 3.8) is 0 Å². The first kappa shape index (κ1) is 19.9. The number of rotatable bonds is 6. The predicted molar refractivity (Wildman–Crippen MR) is 102 cm³/mol. The number of nitrogens with one attached hydrogen (secondary N) is 2. The Morgan fingerprint density at radius 1 is 1.24 bits per heavy atom. The summed E-state index contributed by atoms with van der Waals surface area (Å²) in [5.74, 6) is -0.639. The first-order valence-corrected chi connectivity index (χ1v) is 10.1. The molecule has 0 atom stereocenters.